The number of nitrogens with zero attached hydrogens (tertiary/aromatic N) is 1. The Hall–Kier alpha value is -1.14. The summed E-state index contributed by atoms with van der Waals surface area (Å²) < 4.78 is 0. The van der Waals surface area contributed by atoms with Gasteiger partial charge in [0, 0.05) is 17.0 Å². The predicted octanol–water partition coefficient (Wildman–Crippen LogP) is 3.36. The Morgan fingerprint density at radius 3 is 2.87 bits per heavy atom. The third kappa shape index (κ3) is 4.26. The molecule has 1 rings (SSSR count). The lowest BCUT2D eigenvalue weighted by atomic mass is 10.2. The van der Waals surface area contributed by atoms with Crippen LogP contribution in [-0.4, -0.2) is 5.75 Å². The number of unbranched alkanes of at least 4 members (excludes halogenated alkanes) is 2. The molecule has 1 aromatic carbocycles. The number of thioether (sulfide) groups is 1. The monoisotopic (exact) mass is 220 g/mol. The van der Waals surface area contributed by atoms with E-state index in [1.165, 1.54) is 10.5 Å². The van der Waals surface area contributed by atoms with Crippen LogP contribution in [0.4, 0.5) is 5.69 Å². The molecule has 0 amide bonds. The van der Waals surface area contributed by atoms with E-state index >= 15 is 0 Å². The van der Waals surface area contributed by atoms with E-state index in [0.717, 1.165) is 24.3 Å². The van der Waals surface area contributed by atoms with Gasteiger partial charge in [0.05, 0.1) is 6.07 Å². The Bertz CT molecular complexity index is 355. The molecule has 0 unspecified atom stereocenters. The van der Waals surface area contributed by atoms with Gasteiger partial charge in [-0.3, -0.25) is 0 Å². The van der Waals surface area contributed by atoms with Gasteiger partial charge in [-0.1, -0.05) is 0 Å². The molecule has 0 bridgehead atoms. The molecule has 0 saturated heterocycles. The predicted molar refractivity (Wildman–Crippen MR) is 65.8 cm³/mol. The number of nitrogens with two attached hydrogens (primary N) is 1. The van der Waals surface area contributed by atoms with Crippen molar-refractivity contribution in [2.45, 2.75) is 31.1 Å². The summed E-state index contributed by atoms with van der Waals surface area (Å²) in [4.78, 5) is 1.29. The SMILES string of the molecule is Cc1cc(N)ccc1SCCCCC#N. The second-order valence-electron chi connectivity index (χ2n) is 3.49. The third-order valence-corrected chi connectivity index (χ3v) is 3.40. The number of aryl methyl sites for hydroxylation is 1. The van der Waals surface area contributed by atoms with E-state index in [0.29, 0.717) is 6.42 Å². The molecular weight excluding hydrogens is 204 g/mol. The molecule has 2 nitrogen and oxygen atoms in total. The molecule has 0 heterocycles. The van der Waals surface area contributed by atoms with E-state index in [-0.39, 0.29) is 0 Å². The molecule has 80 valence electrons. The van der Waals surface area contributed by atoms with Crippen molar-refractivity contribution in [3.63, 3.8) is 0 Å². The van der Waals surface area contributed by atoms with Crippen molar-refractivity contribution in [3.8, 4) is 6.07 Å². The summed E-state index contributed by atoms with van der Waals surface area (Å²) in [7, 11) is 0. The zero-order chi connectivity index (χ0) is 11.1. The lowest BCUT2D eigenvalue weighted by Gasteiger charge is -2.05. The van der Waals surface area contributed by atoms with Crippen LogP contribution < -0.4 is 5.73 Å². The Labute approximate surface area is 95.5 Å². The highest BCUT2D eigenvalue weighted by Crippen LogP contribution is 2.24. The van der Waals surface area contributed by atoms with E-state index < -0.39 is 0 Å². The van der Waals surface area contributed by atoms with Crippen molar-refractivity contribution in [1.29, 1.82) is 5.26 Å². The summed E-state index contributed by atoms with van der Waals surface area (Å²) in [6, 6.07) is 8.16. The highest BCUT2D eigenvalue weighted by atomic mass is 32.2. The summed E-state index contributed by atoms with van der Waals surface area (Å²) in [5.74, 6) is 1.08. The first-order valence-corrected chi connectivity index (χ1v) is 6.08. The minimum atomic E-state index is 0.668. The number of anilines is 1. The molecule has 15 heavy (non-hydrogen) atoms. The molecule has 2 N–H and O–H groups in total. The minimum Gasteiger partial charge on any atom is -0.399 e. The van der Waals surface area contributed by atoms with Crippen LogP contribution in [-0.2, 0) is 0 Å². The molecular formula is C12H16N2S. The maximum absolute atomic E-state index is 8.39. The molecule has 0 saturated carbocycles. The quantitative estimate of drug-likeness (QED) is 0.470. The number of hydrogen-bond donors (Lipinski definition) is 1. The summed E-state index contributed by atoms with van der Waals surface area (Å²) in [6.07, 6.45) is 2.76. The third-order valence-electron chi connectivity index (χ3n) is 2.14. The summed E-state index contributed by atoms with van der Waals surface area (Å²) in [5.41, 5.74) is 7.73. The molecule has 0 radical (unpaired) electrons. The minimum absolute atomic E-state index is 0.668. The van der Waals surface area contributed by atoms with Gasteiger partial charge in [0.15, 0.2) is 0 Å². The molecule has 3 heteroatoms. The second kappa shape index (κ2) is 6.36. The first kappa shape index (κ1) is 11.9. The average molecular weight is 220 g/mol. The second-order valence-corrected chi connectivity index (χ2v) is 4.63. The van der Waals surface area contributed by atoms with Gasteiger partial charge in [-0.15, -0.1) is 11.8 Å². The van der Waals surface area contributed by atoms with Gasteiger partial charge in [0.25, 0.3) is 0 Å². The molecule has 0 aliphatic rings. The van der Waals surface area contributed by atoms with Crippen LogP contribution in [0.1, 0.15) is 24.8 Å². The summed E-state index contributed by atoms with van der Waals surface area (Å²) >= 11 is 1.84. The normalized spacial score (nSPS) is 9.87. The number of hydrogen-bond acceptors (Lipinski definition) is 3. The van der Waals surface area contributed by atoms with Gasteiger partial charge in [-0.25, -0.2) is 0 Å². The van der Waals surface area contributed by atoms with Crippen LogP contribution in [0.15, 0.2) is 23.1 Å². The highest BCUT2D eigenvalue weighted by Gasteiger charge is 1.99. The zero-order valence-electron chi connectivity index (χ0n) is 8.99. The summed E-state index contributed by atoms with van der Waals surface area (Å²) in [5, 5.41) is 8.39. The largest absolute Gasteiger partial charge is 0.399 e. The Balaban J connectivity index is 2.35. The molecule has 0 aromatic heterocycles. The first-order valence-electron chi connectivity index (χ1n) is 5.10. The van der Waals surface area contributed by atoms with Gasteiger partial charge in [-0.05, 0) is 49.3 Å². The maximum atomic E-state index is 8.39. The smallest absolute Gasteiger partial charge is 0.0621 e. The van der Waals surface area contributed by atoms with Gasteiger partial charge in [0.1, 0.15) is 0 Å². The van der Waals surface area contributed by atoms with Crippen molar-refractivity contribution < 1.29 is 0 Å². The number of benzene rings is 1. The zero-order valence-corrected chi connectivity index (χ0v) is 9.81. The van der Waals surface area contributed by atoms with Crippen LogP contribution >= 0.6 is 11.8 Å². The van der Waals surface area contributed by atoms with Gasteiger partial charge in [0.2, 0.25) is 0 Å². The lowest BCUT2D eigenvalue weighted by Crippen LogP contribution is -1.88. The summed E-state index contributed by atoms with van der Waals surface area (Å²) in [6.45, 7) is 2.08. The first-order chi connectivity index (χ1) is 7.24. The van der Waals surface area contributed by atoms with Gasteiger partial charge in [-0.2, -0.15) is 5.26 Å². The van der Waals surface area contributed by atoms with E-state index in [9.17, 15) is 0 Å². The van der Waals surface area contributed by atoms with E-state index in [4.69, 9.17) is 11.0 Å². The average Bonchev–Trinajstić information content (AvgIpc) is 2.20. The van der Waals surface area contributed by atoms with Crippen LogP contribution in [0, 0.1) is 18.3 Å². The molecule has 0 spiro atoms. The number of nitrogen functional groups attached to an aromatic ring is 1. The van der Waals surface area contributed by atoms with Crippen molar-refractivity contribution >= 4 is 17.4 Å². The van der Waals surface area contributed by atoms with Crippen molar-refractivity contribution in [3.05, 3.63) is 23.8 Å². The maximum Gasteiger partial charge on any atom is 0.0621 e. The van der Waals surface area contributed by atoms with Crippen molar-refractivity contribution in [1.82, 2.24) is 0 Å². The Morgan fingerprint density at radius 1 is 1.40 bits per heavy atom. The van der Waals surface area contributed by atoms with E-state index in [1.807, 2.05) is 23.9 Å². The molecule has 0 aliphatic heterocycles. The standard InChI is InChI=1S/C12H16N2S/c1-10-9-11(14)5-6-12(10)15-8-4-2-3-7-13/h5-6,9H,2-4,8,14H2,1H3. The number of rotatable bonds is 5. The van der Waals surface area contributed by atoms with Crippen molar-refractivity contribution in [2.75, 3.05) is 11.5 Å². The Morgan fingerprint density at radius 2 is 2.20 bits per heavy atom. The molecule has 0 aliphatic carbocycles. The molecule has 0 fully saturated rings. The van der Waals surface area contributed by atoms with Crippen LogP contribution in [0.5, 0.6) is 0 Å². The fourth-order valence-electron chi connectivity index (χ4n) is 1.32. The molecule has 0 atom stereocenters. The van der Waals surface area contributed by atoms with Crippen LogP contribution in [0.2, 0.25) is 0 Å². The highest BCUT2D eigenvalue weighted by molar-refractivity contribution is 7.99. The fraction of sp³-hybridized carbons (Fsp3) is 0.417. The lowest BCUT2D eigenvalue weighted by molar-refractivity contribution is 0.830. The topological polar surface area (TPSA) is 49.8 Å². The van der Waals surface area contributed by atoms with Crippen LogP contribution in [0.3, 0.4) is 0 Å². The van der Waals surface area contributed by atoms with Crippen LogP contribution in [0.25, 0.3) is 0 Å². The molecule has 1 aromatic rings. The van der Waals surface area contributed by atoms with Crippen molar-refractivity contribution in [2.24, 2.45) is 0 Å². The van der Waals surface area contributed by atoms with Gasteiger partial charge >= 0.3 is 0 Å². The van der Waals surface area contributed by atoms with E-state index in [1.54, 1.807) is 0 Å². The van der Waals surface area contributed by atoms with E-state index in [2.05, 4.69) is 19.1 Å². The van der Waals surface area contributed by atoms with Gasteiger partial charge < -0.3 is 5.73 Å². The number of nitriles is 1. The fourth-order valence-corrected chi connectivity index (χ4v) is 2.34. The Kier molecular flexibility index (Phi) is 5.06.